The van der Waals surface area contributed by atoms with Gasteiger partial charge < -0.3 is 10.3 Å². The lowest BCUT2D eigenvalue weighted by molar-refractivity contribution is 0.956. The molecule has 0 saturated heterocycles. The van der Waals surface area contributed by atoms with Crippen molar-refractivity contribution in [1.29, 1.82) is 0 Å². The molecule has 2 aromatic heterocycles. The minimum Gasteiger partial charge on any atom is -0.378 e. The molecule has 19 heavy (non-hydrogen) atoms. The molecule has 0 spiro atoms. The van der Waals surface area contributed by atoms with E-state index in [2.05, 4.69) is 15.3 Å². The Bertz CT molecular complexity index is 781. The van der Waals surface area contributed by atoms with Crippen LogP contribution >= 0.6 is 22.9 Å². The van der Waals surface area contributed by atoms with Crippen LogP contribution in [-0.2, 0) is 6.54 Å². The summed E-state index contributed by atoms with van der Waals surface area (Å²) < 4.78 is 0.659. The van der Waals surface area contributed by atoms with Crippen LogP contribution in [0.4, 0.5) is 5.69 Å². The first-order chi connectivity index (χ1) is 9.22. The highest BCUT2D eigenvalue weighted by atomic mass is 35.5. The standard InChI is InChI=1S/C13H10ClN3OS/c14-8-2-1-3-9(6-8)15-7-11-16-10-4-5-19-12(10)13(18)17-11/h1-6,15H,7H2,(H,16,17,18). The Balaban J connectivity index is 1.83. The minimum absolute atomic E-state index is 0.0945. The predicted octanol–water partition coefficient (Wildman–Crippen LogP) is 3.25. The van der Waals surface area contributed by atoms with Gasteiger partial charge in [-0.3, -0.25) is 4.79 Å². The maximum absolute atomic E-state index is 11.8. The number of H-pyrrole nitrogens is 1. The van der Waals surface area contributed by atoms with Crippen LogP contribution in [0.3, 0.4) is 0 Å². The van der Waals surface area contributed by atoms with E-state index in [9.17, 15) is 4.79 Å². The fourth-order valence-electron chi connectivity index (χ4n) is 1.79. The normalized spacial score (nSPS) is 10.8. The second-order valence-electron chi connectivity index (χ2n) is 4.01. The van der Waals surface area contributed by atoms with E-state index in [4.69, 9.17) is 11.6 Å². The van der Waals surface area contributed by atoms with Crippen LogP contribution in [0.25, 0.3) is 10.2 Å². The number of rotatable bonds is 3. The third-order valence-electron chi connectivity index (χ3n) is 2.65. The van der Waals surface area contributed by atoms with Gasteiger partial charge in [0.2, 0.25) is 0 Å². The summed E-state index contributed by atoms with van der Waals surface area (Å²) in [5.74, 6) is 0.607. The number of hydrogen-bond donors (Lipinski definition) is 2. The number of benzene rings is 1. The average Bonchev–Trinajstić information content (AvgIpc) is 2.85. The zero-order valence-corrected chi connectivity index (χ0v) is 11.4. The van der Waals surface area contributed by atoms with E-state index in [1.807, 2.05) is 35.7 Å². The molecular formula is C13H10ClN3OS. The third kappa shape index (κ3) is 2.62. The van der Waals surface area contributed by atoms with E-state index >= 15 is 0 Å². The van der Waals surface area contributed by atoms with E-state index in [-0.39, 0.29) is 5.56 Å². The first-order valence-corrected chi connectivity index (χ1v) is 6.94. The Morgan fingerprint density at radius 3 is 3.11 bits per heavy atom. The molecule has 3 rings (SSSR count). The van der Waals surface area contributed by atoms with E-state index in [1.54, 1.807) is 0 Å². The van der Waals surface area contributed by atoms with Crippen LogP contribution in [0.5, 0.6) is 0 Å². The third-order valence-corrected chi connectivity index (χ3v) is 3.79. The summed E-state index contributed by atoms with van der Waals surface area (Å²) in [4.78, 5) is 19.0. The number of nitrogens with one attached hydrogen (secondary N) is 2. The van der Waals surface area contributed by atoms with Crippen LogP contribution in [-0.4, -0.2) is 9.97 Å². The lowest BCUT2D eigenvalue weighted by Gasteiger charge is -2.06. The summed E-state index contributed by atoms with van der Waals surface area (Å²) in [6, 6.07) is 9.25. The second kappa shape index (κ2) is 5.03. The molecule has 2 heterocycles. The summed E-state index contributed by atoms with van der Waals surface area (Å²) in [5.41, 5.74) is 1.53. The van der Waals surface area contributed by atoms with Gasteiger partial charge in [0.1, 0.15) is 10.5 Å². The molecule has 0 fully saturated rings. The molecule has 0 aliphatic rings. The van der Waals surface area contributed by atoms with Gasteiger partial charge in [0.25, 0.3) is 5.56 Å². The Morgan fingerprint density at radius 2 is 2.26 bits per heavy atom. The van der Waals surface area contributed by atoms with E-state index in [0.29, 0.717) is 22.1 Å². The minimum atomic E-state index is -0.0945. The fourth-order valence-corrected chi connectivity index (χ4v) is 2.71. The number of aromatic nitrogens is 2. The SMILES string of the molecule is O=c1[nH]c(CNc2cccc(Cl)c2)nc2ccsc12. The van der Waals surface area contributed by atoms with E-state index in [0.717, 1.165) is 11.2 Å². The van der Waals surface area contributed by atoms with Gasteiger partial charge in [0, 0.05) is 10.7 Å². The van der Waals surface area contributed by atoms with Crippen molar-refractivity contribution in [1.82, 2.24) is 9.97 Å². The van der Waals surface area contributed by atoms with Crippen LogP contribution in [0.2, 0.25) is 5.02 Å². The molecule has 96 valence electrons. The molecule has 6 heteroatoms. The summed E-state index contributed by atoms with van der Waals surface area (Å²) in [6.45, 7) is 0.446. The Labute approximate surface area is 118 Å². The summed E-state index contributed by atoms with van der Waals surface area (Å²) in [7, 11) is 0. The zero-order valence-electron chi connectivity index (χ0n) is 9.81. The maximum atomic E-state index is 11.8. The van der Waals surface area contributed by atoms with Crippen molar-refractivity contribution >= 4 is 38.8 Å². The molecule has 3 aromatic rings. The summed E-state index contributed by atoms with van der Waals surface area (Å²) in [6.07, 6.45) is 0. The van der Waals surface area contributed by atoms with Gasteiger partial charge >= 0.3 is 0 Å². The van der Waals surface area contributed by atoms with Crippen molar-refractivity contribution in [3.05, 3.63) is 56.9 Å². The first-order valence-electron chi connectivity index (χ1n) is 5.68. The van der Waals surface area contributed by atoms with Gasteiger partial charge in [-0.1, -0.05) is 17.7 Å². The number of hydrogen-bond acceptors (Lipinski definition) is 4. The Hall–Kier alpha value is -1.85. The lowest BCUT2D eigenvalue weighted by atomic mass is 10.3. The number of nitrogens with zero attached hydrogens (tertiary/aromatic N) is 1. The van der Waals surface area contributed by atoms with Crippen LogP contribution in [0, 0.1) is 0 Å². The van der Waals surface area contributed by atoms with Gasteiger partial charge in [-0.25, -0.2) is 4.98 Å². The van der Waals surface area contributed by atoms with Crippen molar-refractivity contribution in [2.24, 2.45) is 0 Å². The van der Waals surface area contributed by atoms with Crippen LogP contribution in [0.15, 0.2) is 40.5 Å². The van der Waals surface area contributed by atoms with Crippen LogP contribution < -0.4 is 10.9 Å². The molecule has 0 radical (unpaired) electrons. The number of thiophene rings is 1. The number of halogens is 1. The summed E-state index contributed by atoms with van der Waals surface area (Å²) >= 11 is 7.30. The van der Waals surface area contributed by atoms with Gasteiger partial charge in [-0.15, -0.1) is 11.3 Å². The number of aromatic amines is 1. The Kier molecular flexibility index (Phi) is 3.23. The van der Waals surface area contributed by atoms with Crippen molar-refractivity contribution in [2.75, 3.05) is 5.32 Å². The zero-order chi connectivity index (χ0) is 13.2. The average molecular weight is 292 g/mol. The smallest absolute Gasteiger partial charge is 0.268 e. The molecule has 0 saturated carbocycles. The fraction of sp³-hybridized carbons (Fsp3) is 0.0769. The quantitative estimate of drug-likeness (QED) is 0.779. The summed E-state index contributed by atoms with van der Waals surface area (Å²) in [5, 5.41) is 5.70. The number of anilines is 1. The van der Waals surface area contributed by atoms with Crippen LogP contribution in [0.1, 0.15) is 5.82 Å². The van der Waals surface area contributed by atoms with E-state index < -0.39 is 0 Å². The molecular weight excluding hydrogens is 282 g/mol. The molecule has 0 atom stereocenters. The van der Waals surface area contributed by atoms with Crippen molar-refractivity contribution in [3.8, 4) is 0 Å². The van der Waals surface area contributed by atoms with E-state index in [1.165, 1.54) is 11.3 Å². The highest BCUT2D eigenvalue weighted by Crippen LogP contribution is 2.16. The molecule has 4 nitrogen and oxygen atoms in total. The predicted molar refractivity (Wildman–Crippen MR) is 79.0 cm³/mol. The molecule has 2 N–H and O–H groups in total. The molecule has 0 unspecified atom stereocenters. The first kappa shape index (κ1) is 12.2. The van der Waals surface area contributed by atoms with Crippen molar-refractivity contribution < 1.29 is 0 Å². The largest absolute Gasteiger partial charge is 0.378 e. The van der Waals surface area contributed by atoms with Crippen molar-refractivity contribution in [2.45, 2.75) is 6.54 Å². The maximum Gasteiger partial charge on any atom is 0.268 e. The van der Waals surface area contributed by atoms with Crippen molar-refractivity contribution in [3.63, 3.8) is 0 Å². The van der Waals surface area contributed by atoms with Gasteiger partial charge in [-0.2, -0.15) is 0 Å². The monoisotopic (exact) mass is 291 g/mol. The number of fused-ring (bicyclic) bond motifs is 1. The molecule has 1 aromatic carbocycles. The highest BCUT2D eigenvalue weighted by molar-refractivity contribution is 7.17. The lowest BCUT2D eigenvalue weighted by Crippen LogP contribution is -2.13. The highest BCUT2D eigenvalue weighted by Gasteiger charge is 2.04. The van der Waals surface area contributed by atoms with Gasteiger partial charge in [0.05, 0.1) is 12.1 Å². The van der Waals surface area contributed by atoms with Gasteiger partial charge in [-0.05, 0) is 29.6 Å². The molecule has 0 aliphatic carbocycles. The Morgan fingerprint density at radius 1 is 1.37 bits per heavy atom. The molecule has 0 amide bonds. The molecule has 0 bridgehead atoms. The topological polar surface area (TPSA) is 57.8 Å². The molecule has 0 aliphatic heterocycles. The second-order valence-corrected chi connectivity index (χ2v) is 5.36. The van der Waals surface area contributed by atoms with Gasteiger partial charge in [0.15, 0.2) is 0 Å².